The van der Waals surface area contributed by atoms with Crippen LogP contribution in [0.4, 0.5) is 13.2 Å². The summed E-state index contributed by atoms with van der Waals surface area (Å²) in [5.74, 6) is 0. The first kappa shape index (κ1) is 11.5. The number of aromatic nitrogens is 1. The Labute approximate surface area is 91.7 Å². The number of halogens is 3. The van der Waals surface area contributed by atoms with E-state index in [9.17, 15) is 18.3 Å². The molecule has 0 fully saturated rings. The minimum atomic E-state index is -4.12. The van der Waals surface area contributed by atoms with Crippen LogP contribution in [0.15, 0.2) is 12.3 Å². The largest absolute Gasteiger partial charge is 0.390 e. The number of hydrogen-bond acceptors (Lipinski definition) is 1. The number of aliphatic hydroxyl groups is 1. The Bertz CT molecular complexity index is 370. The van der Waals surface area contributed by atoms with E-state index in [1.54, 1.807) is 16.8 Å². The topological polar surface area (TPSA) is 25.2 Å². The van der Waals surface area contributed by atoms with Crippen molar-refractivity contribution < 1.29 is 18.3 Å². The van der Waals surface area contributed by atoms with E-state index >= 15 is 0 Å². The van der Waals surface area contributed by atoms with Crippen LogP contribution < -0.4 is 0 Å². The summed E-state index contributed by atoms with van der Waals surface area (Å²) in [5, 5.41) is 9.67. The molecule has 90 valence electrons. The summed E-state index contributed by atoms with van der Waals surface area (Å²) in [5.41, 5.74) is 1.66. The van der Waals surface area contributed by atoms with Gasteiger partial charge in [-0.3, -0.25) is 0 Å². The van der Waals surface area contributed by atoms with Gasteiger partial charge in [0.2, 0.25) is 0 Å². The zero-order valence-electron chi connectivity index (χ0n) is 8.80. The molecule has 1 unspecified atom stereocenters. The van der Waals surface area contributed by atoms with Gasteiger partial charge in [-0.25, -0.2) is 0 Å². The van der Waals surface area contributed by atoms with Crippen LogP contribution in [-0.2, 0) is 13.0 Å². The van der Waals surface area contributed by atoms with E-state index in [-0.39, 0.29) is 6.54 Å². The third-order valence-corrected chi connectivity index (χ3v) is 3.00. The van der Waals surface area contributed by atoms with Crippen molar-refractivity contribution in [2.45, 2.75) is 44.5 Å². The lowest BCUT2D eigenvalue weighted by atomic mass is 9.95. The van der Waals surface area contributed by atoms with Crippen LogP contribution in [-0.4, -0.2) is 15.8 Å². The van der Waals surface area contributed by atoms with Crippen LogP contribution in [0.5, 0.6) is 0 Å². The molecule has 0 amide bonds. The summed E-state index contributed by atoms with van der Waals surface area (Å²) < 4.78 is 37.9. The zero-order valence-corrected chi connectivity index (χ0v) is 8.80. The number of rotatable bonds is 2. The number of aryl methyl sites for hydroxylation is 1. The maximum Gasteiger partial charge on any atom is 0.390 e. The molecule has 1 aromatic heterocycles. The van der Waals surface area contributed by atoms with Crippen molar-refractivity contribution in [3.63, 3.8) is 0 Å². The fraction of sp³-hybridized carbons (Fsp3) is 0.636. The van der Waals surface area contributed by atoms with Gasteiger partial charge in [0.25, 0.3) is 0 Å². The van der Waals surface area contributed by atoms with Crippen molar-refractivity contribution >= 4 is 0 Å². The molecule has 1 aromatic rings. The van der Waals surface area contributed by atoms with Gasteiger partial charge in [0.05, 0.1) is 12.5 Å². The molecule has 0 saturated heterocycles. The molecular weight excluding hydrogens is 219 g/mol. The molecule has 1 aliphatic carbocycles. The van der Waals surface area contributed by atoms with Crippen LogP contribution in [0.1, 0.15) is 36.6 Å². The average molecular weight is 233 g/mol. The average Bonchev–Trinajstić information content (AvgIpc) is 2.58. The predicted molar refractivity (Wildman–Crippen MR) is 53.0 cm³/mol. The van der Waals surface area contributed by atoms with E-state index in [0.717, 1.165) is 24.1 Å². The minimum Gasteiger partial charge on any atom is -0.388 e. The molecule has 0 aliphatic heterocycles. The Kier molecular flexibility index (Phi) is 2.97. The highest BCUT2D eigenvalue weighted by atomic mass is 19.4. The van der Waals surface area contributed by atoms with Crippen molar-refractivity contribution in [3.05, 3.63) is 23.5 Å². The minimum absolute atomic E-state index is 0.0500. The molecule has 16 heavy (non-hydrogen) atoms. The third kappa shape index (κ3) is 2.40. The van der Waals surface area contributed by atoms with Gasteiger partial charge in [-0.1, -0.05) is 0 Å². The van der Waals surface area contributed by atoms with E-state index < -0.39 is 18.7 Å². The monoisotopic (exact) mass is 233 g/mol. The fourth-order valence-electron chi connectivity index (χ4n) is 2.19. The Hall–Kier alpha value is -0.970. The number of nitrogens with zero attached hydrogens (tertiary/aromatic N) is 1. The van der Waals surface area contributed by atoms with E-state index in [1.807, 2.05) is 0 Å². The summed E-state index contributed by atoms with van der Waals surface area (Å²) in [6.07, 6.45) is -1.49. The predicted octanol–water partition coefficient (Wildman–Crippen LogP) is 2.81. The lowest BCUT2D eigenvalue weighted by Crippen LogP contribution is -2.16. The van der Waals surface area contributed by atoms with Gasteiger partial charge in [0.15, 0.2) is 0 Å². The summed E-state index contributed by atoms with van der Waals surface area (Å²) in [7, 11) is 0. The van der Waals surface area contributed by atoms with Gasteiger partial charge in [0.1, 0.15) is 0 Å². The molecule has 0 spiro atoms. The first-order valence-corrected chi connectivity index (χ1v) is 5.40. The zero-order chi connectivity index (χ0) is 11.8. The molecule has 1 heterocycles. The van der Waals surface area contributed by atoms with Gasteiger partial charge >= 0.3 is 6.18 Å². The molecule has 1 atom stereocenters. The first-order valence-electron chi connectivity index (χ1n) is 5.40. The molecule has 1 aliphatic rings. The molecule has 1 N–H and O–H groups in total. The van der Waals surface area contributed by atoms with Gasteiger partial charge in [-0.05, 0) is 25.3 Å². The second-order valence-electron chi connectivity index (χ2n) is 4.18. The maximum absolute atomic E-state index is 12.1. The Balaban J connectivity index is 2.11. The maximum atomic E-state index is 12.1. The van der Waals surface area contributed by atoms with Crippen molar-refractivity contribution in [1.29, 1.82) is 0 Å². The van der Waals surface area contributed by atoms with Crippen molar-refractivity contribution in [2.75, 3.05) is 0 Å². The number of alkyl halides is 3. The first-order chi connectivity index (χ1) is 7.47. The second-order valence-corrected chi connectivity index (χ2v) is 4.18. The van der Waals surface area contributed by atoms with Crippen molar-refractivity contribution in [2.24, 2.45) is 0 Å². The van der Waals surface area contributed by atoms with Crippen LogP contribution in [0.2, 0.25) is 0 Å². The molecule has 0 aromatic carbocycles. The highest BCUT2D eigenvalue weighted by Crippen LogP contribution is 2.31. The van der Waals surface area contributed by atoms with Crippen LogP contribution in [0, 0.1) is 0 Å². The highest BCUT2D eigenvalue weighted by Gasteiger charge is 2.28. The SMILES string of the molecule is OC1CCCc2c1ccn2CCC(F)(F)F. The quantitative estimate of drug-likeness (QED) is 0.834. The molecule has 0 saturated carbocycles. The Morgan fingerprint density at radius 3 is 2.88 bits per heavy atom. The number of fused-ring (bicyclic) bond motifs is 1. The number of aliphatic hydroxyl groups excluding tert-OH is 1. The van der Waals surface area contributed by atoms with Crippen molar-refractivity contribution in [1.82, 2.24) is 4.57 Å². The molecule has 2 nitrogen and oxygen atoms in total. The van der Waals surface area contributed by atoms with Gasteiger partial charge in [-0.15, -0.1) is 0 Å². The van der Waals surface area contributed by atoms with Crippen LogP contribution >= 0.6 is 0 Å². The molecular formula is C11H14F3NO. The van der Waals surface area contributed by atoms with E-state index in [0.29, 0.717) is 6.42 Å². The molecule has 5 heteroatoms. The van der Waals surface area contributed by atoms with Gasteiger partial charge < -0.3 is 9.67 Å². The standard InChI is InChI=1S/C11H14F3NO/c12-11(13,14)5-7-15-6-4-8-9(15)2-1-3-10(8)16/h4,6,10,16H,1-3,5,7H2. The number of hydrogen-bond donors (Lipinski definition) is 1. The third-order valence-electron chi connectivity index (χ3n) is 3.00. The molecule has 0 bridgehead atoms. The summed E-state index contributed by atoms with van der Waals surface area (Å²) >= 11 is 0. The smallest absolute Gasteiger partial charge is 0.388 e. The normalized spacial score (nSPS) is 20.9. The molecule has 2 rings (SSSR count). The van der Waals surface area contributed by atoms with Crippen LogP contribution in [0.25, 0.3) is 0 Å². The van der Waals surface area contributed by atoms with E-state index in [2.05, 4.69) is 0 Å². The summed E-state index contributed by atoms with van der Waals surface area (Å²) in [4.78, 5) is 0. The van der Waals surface area contributed by atoms with Crippen LogP contribution in [0.3, 0.4) is 0 Å². The fourth-order valence-corrected chi connectivity index (χ4v) is 2.19. The van der Waals surface area contributed by atoms with Gasteiger partial charge in [0, 0.05) is 24.0 Å². The van der Waals surface area contributed by atoms with Crippen molar-refractivity contribution in [3.8, 4) is 0 Å². The molecule has 0 radical (unpaired) electrons. The summed E-state index contributed by atoms with van der Waals surface area (Å²) in [6, 6.07) is 1.73. The Morgan fingerprint density at radius 1 is 1.44 bits per heavy atom. The van der Waals surface area contributed by atoms with Gasteiger partial charge in [-0.2, -0.15) is 13.2 Å². The lowest BCUT2D eigenvalue weighted by Gasteiger charge is -2.20. The van der Waals surface area contributed by atoms with E-state index in [4.69, 9.17) is 0 Å². The highest BCUT2D eigenvalue weighted by molar-refractivity contribution is 5.27. The lowest BCUT2D eigenvalue weighted by molar-refractivity contribution is -0.136. The summed E-state index contributed by atoms with van der Waals surface area (Å²) in [6.45, 7) is -0.0500. The van der Waals surface area contributed by atoms with E-state index in [1.165, 1.54) is 0 Å². The Morgan fingerprint density at radius 2 is 2.19 bits per heavy atom. The second kappa shape index (κ2) is 4.13.